The third kappa shape index (κ3) is 2.73. The van der Waals surface area contributed by atoms with Gasteiger partial charge in [-0.1, -0.05) is 6.92 Å². The van der Waals surface area contributed by atoms with Gasteiger partial charge in [-0.15, -0.1) is 0 Å². The van der Waals surface area contributed by atoms with E-state index in [-0.39, 0.29) is 11.6 Å². The predicted molar refractivity (Wildman–Crippen MR) is 66.3 cm³/mol. The summed E-state index contributed by atoms with van der Waals surface area (Å²) in [6.45, 7) is 3.81. The third-order valence-electron chi connectivity index (χ3n) is 3.47. The molecule has 0 radical (unpaired) electrons. The number of rotatable bonds is 6. The Morgan fingerprint density at radius 3 is 2.78 bits per heavy atom. The molecule has 1 heterocycles. The SMILES string of the molecule is Cc1[nH]nc(S(=O)(=O)NCC(C)C2CC2)c1CO. The molecule has 0 aliphatic heterocycles. The number of nitrogens with zero attached hydrogens (tertiary/aromatic N) is 1. The van der Waals surface area contributed by atoms with Gasteiger partial charge in [-0.2, -0.15) is 5.10 Å². The van der Waals surface area contributed by atoms with E-state index in [4.69, 9.17) is 0 Å². The van der Waals surface area contributed by atoms with Gasteiger partial charge in [-0.25, -0.2) is 13.1 Å². The number of sulfonamides is 1. The average Bonchev–Trinajstić information content (AvgIpc) is 3.09. The molecule has 1 aromatic rings. The Morgan fingerprint density at radius 2 is 2.22 bits per heavy atom. The van der Waals surface area contributed by atoms with Crippen LogP contribution in [0.1, 0.15) is 31.0 Å². The van der Waals surface area contributed by atoms with E-state index in [1.54, 1.807) is 6.92 Å². The molecule has 1 fully saturated rings. The highest BCUT2D eigenvalue weighted by Crippen LogP contribution is 2.36. The molecule has 1 unspecified atom stereocenters. The molecule has 7 heteroatoms. The Morgan fingerprint density at radius 1 is 1.56 bits per heavy atom. The molecule has 1 saturated carbocycles. The van der Waals surface area contributed by atoms with Crippen LogP contribution in [0.4, 0.5) is 0 Å². The molecule has 102 valence electrons. The maximum Gasteiger partial charge on any atom is 0.260 e. The van der Waals surface area contributed by atoms with Crippen molar-refractivity contribution in [3.05, 3.63) is 11.3 Å². The highest BCUT2D eigenvalue weighted by atomic mass is 32.2. The van der Waals surface area contributed by atoms with Crippen LogP contribution >= 0.6 is 0 Å². The Balaban J connectivity index is 2.09. The monoisotopic (exact) mass is 273 g/mol. The summed E-state index contributed by atoms with van der Waals surface area (Å²) >= 11 is 0. The summed E-state index contributed by atoms with van der Waals surface area (Å²) in [5.74, 6) is 0.989. The number of aliphatic hydroxyl groups is 1. The van der Waals surface area contributed by atoms with Gasteiger partial charge in [0, 0.05) is 17.8 Å². The number of aromatic nitrogens is 2. The van der Waals surface area contributed by atoms with Gasteiger partial charge in [0.15, 0.2) is 5.03 Å². The smallest absolute Gasteiger partial charge is 0.260 e. The van der Waals surface area contributed by atoms with Crippen LogP contribution in [0.5, 0.6) is 0 Å². The normalized spacial score (nSPS) is 17.9. The van der Waals surface area contributed by atoms with Gasteiger partial charge in [0.1, 0.15) is 0 Å². The lowest BCUT2D eigenvalue weighted by Crippen LogP contribution is -2.30. The molecule has 0 spiro atoms. The van der Waals surface area contributed by atoms with Crippen molar-refractivity contribution in [2.45, 2.75) is 38.3 Å². The van der Waals surface area contributed by atoms with E-state index in [1.165, 1.54) is 12.8 Å². The molecule has 0 saturated heterocycles. The molecular weight excluding hydrogens is 254 g/mol. The molecule has 18 heavy (non-hydrogen) atoms. The second-order valence-corrected chi connectivity index (χ2v) is 6.64. The zero-order chi connectivity index (χ0) is 13.3. The predicted octanol–water partition coefficient (Wildman–Crippen LogP) is 0.535. The lowest BCUT2D eigenvalue weighted by molar-refractivity contribution is 0.277. The first-order valence-electron chi connectivity index (χ1n) is 6.10. The van der Waals surface area contributed by atoms with E-state index < -0.39 is 10.0 Å². The number of hydrogen-bond donors (Lipinski definition) is 3. The first kappa shape index (κ1) is 13.5. The molecule has 3 N–H and O–H groups in total. The van der Waals surface area contributed by atoms with E-state index in [9.17, 15) is 13.5 Å². The van der Waals surface area contributed by atoms with Crippen molar-refractivity contribution in [3.63, 3.8) is 0 Å². The van der Waals surface area contributed by atoms with Crippen molar-refractivity contribution in [3.8, 4) is 0 Å². The third-order valence-corrected chi connectivity index (χ3v) is 4.86. The summed E-state index contributed by atoms with van der Waals surface area (Å²) in [6, 6.07) is 0. The molecule has 1 atom stereocenters. The molecule has 2 rings (SSSR count). The first-order valence-corrected chi connectivity index (χ1v) is 7.58. The molecule has 0 amide bonds. The summed E-state index contributed by atoms with van der Waals surface area (Å²) in [4.78, 5) is 0. The largest absolute Gasteiger partial charge is 0.392 e. The fraction of sp³-hybridized carbons (Fsp3) is 0.727. The Hall–Kier alpha value is -0.920. The zero-order valence-electron chi connectivity index (χ0n) is 10.6. The van der Waals surface area contributed by atoms with Crippen LogP contribution in [0.3, 0.4) is 0 Å². The van der Waals surface area contributed by atoms with Crippen molar-refractivity contribution in [1.29, 1.82) is 0 Å². The second kappa shape index (κ2) is 4.99. The number of aromatic amines is 1. The lowest BCUT2D eigenvalue weighted by Gasteiger charge is -2.11. The number of nitrogens with one attached hydrogen (secondary N) is 2. The second-order valence-electron chi connectivity index (χ2n) is 4.96. The Labute approximate surface area is 107 Å². The van der Waals surface area contributed by atoms with Gasteiger partial charge in [-0.05, 0) is 31.6 Å². The van der Waals surface area contributed by atoms with E-state index in [0.29, 0.717) is 29.6 Å². The van der Waals surface area contributed by atoms with Crippen LogP contribution in [0, 0.1) is 18.8 Å². The van der Waals surface area contributed by atoms with Crippen molar-refractivity contribution in [2.75, 3.05) is 6.54 Å². The number of H-pyrrole nitrogens is 1. The van der Waals surface area contributed by atoms with E-state index in [2.05, 4.69) is 14.9 Å². The molecule has 0 aromatic carbocycles. The Bertz CT molecular complexity index is 520. The first-order chi connectivity index (χ1) is 8.45. The topological polar surface area (TPSA) is 95.1 Å². The van der Waals surface area contributed by atoms with Crippen LogP contribution in [0.15, 0.2) is 5.03 Å². The van der Waals surface area contributed by atoms with Crippen LogP contribution in [0.25, 0.3) is 0 Å². The van der Waals surface area contributed by atoms with Crippen LogP contribution < -0.4 is 4.72 Å². The fourth-order valence-electron chi connectivity index (χ4n) is 1.98. The van der Waals surface area contributed by atoms with Gasteiger partial charge in [0.2, 0.25) is 0 Å². The summed E-state index contributed by atoms with van der Waals surface area (Å²) < 4.78 is 26.7. The van der Waals surface area contributed by atoms with Crippen LogP contribution in [0.2, 0.25) is 0 Å². The molecule has 1 aliphatic rings. The lowest BCUT2D eigenvalue weighted by atomic mass is 10.1. The van der Waals surface area contributed by atoms with Gasteiger partial charge >= 0.3 is 0 Å². The Kier molecular flexibility index (Phi) is 3.74. The number of aliphatic hydroxyl groups excluding tert-OH is 1. The minimum Gasteiger partial charge on any atom is -0.392 e. The van der Waals surface area contributed by atoms with Gasteiger partial charge < -0.3 is 5.11 Å². The van der Waals surface area contributed by atoms with Crippen molar-refractivity contribution in [1.82, 2.24) is 14.9 Å². The summed E-state index contributed by atoms with van der Waals surface area (Å²) in [5, 5.41) is 15.4. The zero-order valence-corrected chi connectivity index (χ0v) is 11.4. The molecule has 1 aromatic heterocycles. The summed E-state index contributed by atoms with van der Waals surface area (Å²) in [7, 11) is -3.64. The maximum absolute atomic E-state index is 12.1. The maximum atomic E-state index is 12.1. The standard InChI is InChI=1S/C11H19N3O3S/c1-7(9-3-4-9)5-12-18(16,17)11-10(6-15)8(2)13-14-11/h7,9,12,15H,3-6H2,1-2H3,(H,13,14). The minimum absolute atomic E-state index is 0.0921. The van der Waals surface area contributed by atoms with Crippen LogP contribution in [-0.4, -0.2) is 30.3 Å². The van der Waals surface area contributed by atoms with Crippen LogP contribution in [-0.2, 0) is 16.6 Å². The van der Waals surface area contributed by atoms with E-state index >= 15 is 0 Å². The average molecular weight is 273 g/mol. The molecule has 0 bridgehead atoms. The van der Waals surface area contributed by atoms with Crippen molar-refractivity contribution in [2.24, 2.45) is 11.8 Å². The number of hydrogen-bond acceptors (Lipinski definition) is 4. The fourth-order valence-corrected chi connectivity index (χ4v) is 3.31. The minimum atomic E-state index is -3.64. The summed E-state index contributed by atoms with van der Waals surface area (Å²) in [6.07, 6.45) is 2.37. The number of aryl methyl sites for hydroxylation is 1. The molecule has 6 nitrogen and oxygen atoms in total. The van der Waals surface area contributed by atoms with Gasteiger partial charge in [-0.3, -0.25) is 5.10 Å². The summed E-state index contributed by atoms with van der Waals surface area (Å²) in [5.41, 5.74) is 0.912. The van der Waals surface area contributed by atoms with E-state index in [0.717, 1.165) is 0 Å². The highest BCUT2D eigenvalue weighted by Gasteiger charge is 2.30. The van der Waals surface area contributed by atoms with Crippen molar-refractivity contribution >= 4 is 10.0 Å². The highest BCUT2D eigenvalue weighted by molar-refractivity contribution is 7.89. The van der Waals surface area contributed by atoms with Crippen molar-refractivity contribution < 1.29 is 13.5 Å². The van der Waals surface area contributed by atoms with Gasteiger partial charge in [0.05, 0.1) is 6.61 Å². The molecule has 1 aliphatic carbocycles. The quantitative estimate of drug-likeness (QED) is 0.704. The van der Waals surface area contributed by atoms with Gasteiger partial charge in [0.25, 0.3) is 10.0 Å². The molecular formula is C11H19N3O3S. The van der Waals surface area contributed by atoms with E-state index in [1.807, 2.05) is 6.92 Å².